The molecule has 1 heterocycles. The highest BCUT2D eigenvalue weighted by Gasteiger charge is 2.22. The number of rotatable bonds is 5. The molecular weight excluding hydrogens is 236 g/mol. The number of ether oxygens (including phenoxy) is 1. The minimum atomic E-state index is 0.483. The molecule has 3 nitrogen and oxygen atoms in total. The van der Waals surface area contributed by atoms with E-state index in [1.54, 1.807) is 0 Å². The maximum atomic E-state index is 5.62. The van der Waals surface area contributed by atoms with Crippen LogP contribution in [0, 0.1) is 6.92 Å². The summed E-state index contributed by atoms with van der Waals surface area (Å²) < 4.78 is 5.62. The lowest BCUT2D eigenvalue weighted by molar-refractivity contribution is -0.0114. The van der Waals surface area contributed by atoms with Gasteiger partial charge in [-0.25, -0.2) is 0 Å². The molecule has 1 fully saturated rings. The van der Waals surface area contributed by atoms with Crippen LogP contribution in [-0.2, 0) is 11.3 Å². The van der Waals surface area contributed by atoms with Gasteiger partial charge in [0.05, 0.1) is 13.2 Å². The maximum absolute atomic E-state index is 5.62. The Labute approximate surface area is 116 Å². The molecule has 3 heteroatoms. The summed E-state index contributed by atoms with van der Waals surface area (Å²) in [7, 11) is 0. The Bertz CT molecular complexity index is 392. The molecule has 1 aromatic carbocycles. The van der Waals surface area contributed by atoms with Crippen molar-refractivity contribution in [1.82, 2.24) is 10.2 Å². The minimum Gasteiger partial charge on any atom is -0.378 e. The van der Waals surface area contributed by atoms with Crippen molar-refractivity contribution in [1.29, 1.82) is 0 Å². The highest BCUT2D eigenvalue weighted by atomic mass is 16.5. The third kappa shape index (κ3) is 4.60. The van der Waals surface area contributed by atoms with E-state index in [0.29, 0.717) is 12.1 Å². The van der Waals surface area contributed by atoms with Gasteiger partial charge >= 0.3 is 0 Å². The third-order valence-corrected chi connectivity index (χ3v) is 3.58. The first kappa shape index (κ1) is 14.5. The smallest absolute Gasteiger partial charge is 0.0635 e. The van der Waals surface area contributed by atoms with E-state index in [0.717, 1.165) is 32.8 Å². The predicted octanol–water partition coefficient (Wildman–Crippen LogP) is 2.19. The van der Waals surface area contributed by atoms with Crippen LogP contribution in [0.4, 0.5) is 0 Å². The van der Waals surface area contributed by atoms with Gasteiger partial charge in [-0.05, 0) is 12.5 Å². The fourth-order valence-electron chi connectivity index (χ4n) is 2.50. The van der Waals surface area contributed by atoms with Crippen LogP contribution in [-0.4, -0.2) is 43.3 Å². The minimum absolute atomic E-state index is 0.483. The molecule has 1 N–H and O–H groups in total. The Kier molecular flexibility index (Phi) is 5.37. The van der Waals surface area contributed by atoms with Crippen LogP contribution in [0.3, 0.4) is 0 Å². The number of morpholine rings is 1. The van der Waals surface area contributed by atoms with Crippen molar-refractivity contribution in [2.75, 3.05) is 26.3 Å². The molecule has 0 aromatic heterocycles. The van der Waals surface area contributed by atoms with E-state index in [9.17, 15) is 0 Å². The highest BCUT2D eigenvalue weighted by Crippen LogP contribution is 2.13. The molecule has 1 unspecified atom stereocenters. The number of hydrogen-bond acceptors (Lipinski definition) is 3. The van der Waals surface area contributed by atoms with Crippen LogP contribution < -0.4 is 5.32 Å². The SMILES string of the molecule is Cc1cccc(CN2CCOCC2CNC(C)C)c1. The molecule has 1 aliphatic rings. The number of nitrogens with one attached hydrogen (secondary N) is 1. The first-order valence-corrected chi connectivity index (χ1v) is 7.26. The van der Waals surface area contributed by atoms with Gasteiger partial charge < -0.3 is 10.1 Å². The topological polar surface area (TPSA) is 24.5 Å². The van der Waals surface area contributed by atoms with Crippen LogP contribution >= 0.6 is 0 Å². The molecule has 1 saturated heterocycles. The van der Waals surface area contributed by atoms with Gasteiger partial charge in [0, 0.05) is 31.7 Å². The normalized spacial score (nSPS) is 20.9. The summed E-state index contributed by atoms with van der Waals surface area (Å²) in [6, 6.07) is 9.81. The highest BCUT2D eigenvalue weighted by molar-refractivity contribution is 5.22. The Hall–Kier alpha value is -0.900. The Morgan fingerprint density at radius 3 is 3.00 bits per heavy atom. The number of hydrogen-bond donors (Lipinski definition) is 1. The van der Waals surface area contributed by atoms with E-state index in [2.05, 4.69) is 55.3 Å². The average Bonchev–Trinajstić information content (AvgIpc) is 2.38. The lowest BCUT2D eigenvalue weighted by Crippen LogP contribution is -2.50. The second-order valence-corrected chi connectivity index (χ2v) is 5.75. The quantitative estimate of drug-likeness (QED) is 0.880. The van der Waals surface area contributed by atoms with Crippen molar-refractivity contribution in [2.45, 2.75) is 39.4 Å². The molecule has 106 valence electrons. The fraction of sp³-hybridized carbons (Fsp3) is 0.625. The zero-order chi connectivity index (χ0) is 13.7. The van der Waals surface area contributed by atoms with Gasteiger partial charge in [0.2, 0.25) is 0 Å². The molecule has 2 rings (SSSR count). The lowest BCUT2D eigenvalue weighted by atomic mass is 10.1. The third-order valence-electron chi connectivity index (χ3n) is 3.58. The summed E-state index contributed by atoms with van der Waals surface area (Å²) in [5.41, 5.74) is 2.74. The van der Waals surface area contributed by atoms with E-state index >= 15 is 0 Å². The monoisotopic (exact) mass is 262 g/mol. The first-order valence-electron chi connectivity index (χ1n) is 7.26. The summed E-state index contributed by atoms with van der Waals surface area (Å²) >= 11 is 0. The zero-order valence-corrected chi connectivity index (χ0v) is 12.4. The van der Waals surface area contributed by atoms with E-state index in [1.165, 1.54) is 11.1 Å². The standard InChI is InChI=1S/C16H26N2O/c1-13(2)17-10-16-12-19-8-7-18(16)11-15-6-4-5-14(3)9-15/h4-6,9,13,16-17H,7-8,10-12H2,1-3H3. The van der Waals surface area contributed by atoms with Gasteiger partial charge in [0.1, 0.15) is 0 Å². The molecule has 0 amide bonds. The van der Waals surface area contributed by atoms with E-state index in [4.69, 9.17) is 4.74 Å². The molecule has 19 heavy (non-hydrogen) atoms. The molecule has 0 spiro atoms. The molecule has 0 bridgehead atoms. The van der Waals surface area contributed by atoms with Crippen molar-refractivity contribution in [2.24, 2.45) is 0 Å². The van der Waals surface area contributed by atoms with Gasteiger partial charge in [0.25, 0.3) is 0 Å². The molecule has 0 aliphatic carbocycles. The predicted molar refractivity (Wildman–Crippen MR) is 79.3 cm³/mol. The van der Waals surface area contributed by atoms with Crippen LogP contribution in [0.15, 0.2) is 24.3 Å². The second kappa shape index (κ2) is 7.04. The van der Waals surface area contributed by atoms with Crippen LogP contribution in [0.2, 0.25) is 0 Å². The van der Waals surface area contributed by atoms with E-state index < -0.39 is 0 Å². The van der Waals surface area contributed by atoms with Crippen molar-refractivity contribution in [3.8, 4) is 0 Å². The summed E-state index contributed by atoms with van der Waals surface area (Å²) in [5.74, 6) is 0. The maximum Gasteiger partial charge on any atom is 0.0635 e. The summed E-state index contributed by atoms with van der Waals surface area (Å²) in [6.07, 6.45) is 0. The summed E-state index contributed by atoms with van der Waals surface area (Å²) in [4.78, 5) is 2.54. The van der Waals surface area contributed by atoms with Gasteiger partial charge in [-0.15, -0.1) is 0 Å². The van der Waals surface area contributed by atoms with E-state index in [-0.39, 0.29) is 0 Å². The Balaban J connectivity index is 1.95. The lowest BCUT2D eigenvalue weighted by Gasteiger charge is -2.36. The molecule has 0 saturated carbocycles. The zero-order valence-electron chi connectivity index (χ0n) is 12.4. The largest absolute Gasteiger partial charge is 0.378 e. The van der Waals surface area contributed by atoms with Crippen LogP contribution in [0.25, 0.3) is 0 Å². The van der Waals surface area contributed by atoms with Crippen molar-refractivity contribution >= 4 is 0 Å². The number of nitrogens with zero attached hydrogens (tertiary/aromatic N) is 1. The van der Waals surface area contributed by atoms with Crippen molar-refractivity contribution < 1.29 is 4.74 Å². The molecular formula is C16H26N2O. The van der Waals surface area contributed by atoms with Gasteiger partial charge in [0.15, 0.2) is 0 Å². The summed E-state index contributed by atoms with van der Waals surface area (Å²) in [5, 5.41) is 3.52. The average molecular weight is 262 g/mol. The molecule has 1 aromatic rings. The van der Waals surface area contributed by atoms with Gasteiger partial charge in [-0.1, -0.05) is 43.7 Å². The Morgan fingerprint density at radius 1 is 1.42 bits per heavy atom. The number of aryl methyl sites for hydroxylation is 1. The van der Waals surface area contributed by atoms with Gasteiger partial charge in [-0.2, -0.15) is 0 Å². The fourth-order valence-corrected chi connectivity index (χ4v) is 2.50. The molecule has 1 atom stereocenters. The molecule has 1 aliphatic heterocycles. The second-order valence-electron chi connectivity index (χ2n) is 5.75. The van der Waals surface area contributed by atoms with Crippen LogP contribution in [0.5, 0.6) is 0 Å². The van der Waals surface area contributed by atoms with Crippen LogP contribution in [0.1, 0.15) is 25.0 Å². The van der Waals surface area contributed by atoms with E-state index in [1.807, 2.05) is 0 Å². The van der Waals surface area contributed by atoms with Gasteiger partial charge in [-0.3, -0.25) is 4.90 Å². The summed E-state index contributed by atoms with van der Waals surface area (Å²) in [6.45, 7) is 11.3. The number of benzene rings is 1. The first-order chi connectivity index (χ1) is 9.15. The molecule has 0 radical (unpaired) electrons. The Morgan fingerprint density at radius 2 is 2.26 bits per heavy atom. The van der Waals surface area contributed by atoms with Crippen molar-refractivity contribution in [3.05, 3.63) is 35.4 Å². The van der Waals surface area contributed by atoms with Crippen molar-refractivity contribution in [3.63, 3.8) is 0 Å².